The van der Waals surface area contributed by atoms with Crippen LogP contribution >= 0.6 is 22.9 Å². The third-order valence-corrected chi connectivity index (χ3v) is 9.85. The summed E-state index contributed by atoms with van der Waals surface area (Å²) in [5.41, 5.74) is 3.90. The molecule has 0 unspecified atom stereocenters. The van der Waals surface area contributed by atoms with Crippen LogP contribution in [0.25, 0.3) is 27.2 Å². The maximum absolute atomic E-state index is 12.9. The number of rotatable bonds is 9. The van der Waals surface area contributed by atoms with Gasteiger partial charge in [-0.3, -0.25) is 9.25 Å². The second kappa shape index (κ2) is 14.1. The van der Waals surface area contributed by atoms with Gasteiger partial charge in [-0.2, -0.15) is 5.10 Å². The lowest BCUT2D eigenvalue weighted by Crippen LogP contribution is -2.42. The fourth-order valence-corrected chi connectivity index (χ4v) is 7.09. The van der Waals surface area contributed by atoms with Crippen LogP contribution in [0.5, 0.6) is 11.5 Å². The molecule has 0 aliphatic carbocycles. The molecule has 0 bridgehead atoms. The van der Waals surface area contributed by atoms with Gasteiger partial charge in [-0.05, 0) is 70.2 Å². The van der Waals surface area contributed by atoms with E-state index >= 15 is 0 Å². The quantitative estimate of drug-likeness (QED) is 0.142. The highest BCUT2D eigenvalue weighted by Gasteiger charge is 2.28. The van der Waals surface area contributed by atoms with E-state index in [0.29, 0.717) is 41.1 Å². The highest BCUT2D eigenvalue weighted by Crippen LogP contribution is 2.40. The number of carbonyl (C=O) groups is 2. The summed E-state index contributed by atoms with van der Waals surface area (Å²) < 4.78 is 26.9. The monoisotopic (exact) mass is 705 g/mol. The Morgan fingerprint density at radius 3 is 2.55 bits per heavy atom. The van der Waals surface area contributed by atoms with Gasteiger partial charge < -0.3 is 23.8 Å². The predicted molar refractivity (Wildman–Crippen MR) is 189 cm³/mol. The predicted octanol–water partition coefficient (Wildman–Crippen LogP) is 8.09. The number of methoxy groups -OCH3 is 1. The smallest absolute Gasteiger partial charge is 0.410 e. The number of hydrogen-bond acceptors (Lipinski definition) is 9. The Hall–Kier alpha value is -4.55. The third-order valence-electron chi connectivity index (χ3n) is 8.35. The SMILES string of the molecule is COC(=O)c1sc(-n2cnc3cc(-c4cnn(C)c4)ccc32)cc1O[C@H](C)c1cccc(OCC2CCN(C(=O)OC(C)(C)C)CC2)c1Cl. The molecule has 4 heterocycles. The van der Waals surface area contributed by atoms with Crippen molar-refractivity contribution in [1.29, 1.82) is 0 Å². The molecular formula is C36H40ClN5O6S. The molecule has 1 amide bonds. The van der Waals surface area contributed by atoms with Crippen LogP contribution in [-0.2, 0) is 16.5 Å². The maximum Gasteiger partial charge on any atom is 0.410 e. The number of halogens is 1. The van der Waals surface area contributed by atoms with E-state index < -0.39 is 17.7 Å². The summed E-state index contributed by atoms with van der Waals surface area (Å²) in [4.78, 5) is 32.0. The maximum atomic E-state index is 12.9. The fourth-order valence-electron chi connectivity index (χ4n) is 5.76. The van der Waals surface area contributed by atoms with Crippen LogP contribution in [-0.4, -0.2) is 68.7 Å². The second-order valence-electron chi connectivity index (χ2n) is 13.1. The summed E-state index contributed by atoms with van der Waals surface area (Å²) in [7, 11) is 3.23. The summed E-state index contributed by atoms with van der Waals surface area (Å²) in [5.74, 6) is 0.717. The number of hydrogen-bond donors (Lipinski definition) is 0. The fraction of sp³-hybridized carbons (Fsp3) is 0.389. The number of carbonyl (C=O) groups excluding carboxylic acids is 2. The number of ether oxygens (including phenoxy) is 4. The molecule has 258 valence electrons. The summed E-state index contributed by atoms with van der Waals surface area (Å²) in [5, 5.41) is 5.46. The van der Waals surface area contributed by atoms with Gasteiger partial charge in [0.1, 0.15) is 34.5 Å². The van der Waals surface area contributed by atoms with Crippen LogP contribution in [0, 0.1) is 5.92 Å². The molecule has 6 rings (SSSR count). The number of esters is 1. The van der Waals surface area contributed by atoms with Crippen LogP contribution < -0.4 is 9.47 Å². The van der Waals surface area contributed by atoms with Crippen LogP contribution in [0.4, 0.5) is 4.79 Å². The van der Waals surface area contributed by atoms with Crippen molar-refractivity contribution in [2.45, 2.75) is 52.2 Å². The molecule has 0 radical (unpaired) electrons. The molecule has 13 heteroatoms. The van der Waals surface area contributed by atoms with Crippen molar-refractivity contribution in [3.8, 4) is 27.6 Å². The summed E-state index contributed by atoms with van der Waals surface area (Å²) in [6, 6.07) is 13.5. The van der Waals surface area contributed by atoms with Gasteiger partial charge in [-0.1, -0.05) is 29.8 Å². The van der Waals surface area contributed by atoms with E-state index in [-0.39, 0.29) is 12.0 Å². The zero-order valence-electron chi connectivity index (χ0n) is 28.4. The van der Waals surface area contributed by atoms with Gasteiger partial charge >= 0.3 is 12.1 Å². The van der Waals surface area contributed by atoms with Gasteiger partial charge in [-0.25, -0.2) is 14.6 Å². The van der Waals surface area contributed by atoms with E-state index in [1.54, 1.807) is 15.9 Å². The van der Waals surface area contributed by atoms with Gasteiger partial charge in [0.2, 0.25) is 0 Å². The van der Waals surface area contributed by atoms with Gasteiger partial charge in [0.25, 0.3) is 0 Å². The zero-order valence-corrected chi connectivity index (χ0v) is 30.0. The van der Waals surface area contributed by atoms with Crippen molar-refractivity contribution in [1.82, 2.24) is 24.2 Å². The minimum absolute atomic E-state index is 0.278. The van der Waals surface area contributed by atoms with Crippen LogP contribution in [0.1, 0.15) is 61.9 Å². The normalized spacial score (nSPS) is 14.6. The highest BCUT2D eigenvalue weighted by atomic mass is 35.5. The van der Waals surface area contributed by atoms with Crippen molar-refractivity contribution in [2.24, 2.45) is 13.0 Å². The zero-order chi connectivity index (χ0) is 34.9. The van der Waals surface area contributed by atoms with E-state index in [1.807, 2.05) is 94.2 Å². The molecule has 2 aromatic carbocycles. The molecule has 3 aromatic heterocycles. The van der Waals surface area contributed by atoms with E-state index in [0.717, 1.165) is 45.6 Å². The van der Waals surface area contributed by atoms with Crippen LogP contribution in [0.15, 0.2) is 61.2 Å². The Morgan fingerprint density at radius 2 is 1.86 bits per heavy atom. The number of aryl methyl sites for hydroxylation is 1. The molecule has 1 aliphatic heterocycles. The molecule has 0 spiro atoms. The molecular weight excluding hydrogens is 666 g/mol. The largest absolute Gasteiger partial charge is 0.492 e. The number of benzene rings is 2. The molecule has 0 saturated carbocycles. The van der Waals surface area contributed by atoms with Gasteiger partial charge in [0.05, 0.1) is 36.0 Å². The Kier molecular flexibility index (Phi) is 9.89. The standard InChI is InChI=1S/C36H40ClN5O6S/c1-22(26-8-7-9-29(32(26)37)46-20-23-12-14-41(15-13-23)35(44)48-36(2,3)4)47-30-17-31(49-33(30)34(43)45-6)42-21-38-27-16-24(10-11-28(27)42)25-18-39-40(5)19-25/h7-11,16-19,21-23H,12-15,20H2,1-6H3/t22-/m1/s1. The number of nitrogens with zero attached hydrogens (tertiary/aromatic N) is 5. The van der Waals surface area contributed by atoms with Gasteiger partial charge in [0.15, 0.2) is 4.88 Å². The first kappa shape index (κ1) is 34.3. The van der Waals surface area contributed by atoms with E-state index in [4.69, 9.17) is 30.5 Å². The van der Waals surface area contributed by atoms with Crippen molar-refractivity contribution in [2.75, 3.05) is 26.8 Å². The Bertz CT molecular complexity index is 1970. The lowest BCUT2D eigenvalue weighted by atomic mass is 9.98. The van der Waals surface area contributed by atoms with Crippen molar-refractivity contribution in [3.05, 3.63) is 76.6 Å². The molecule has 1 aliphatic rings. The van der Waals surface area contributed by atoms with Crippen molar-refractivity contribution < 1.29 is 28.5 Å². The summed E-state index contributed by atoms with van der Waals surface area (Å²) in [6.45, 7) is 9.20. The van der Waals surface area contributed by atoms with Gasteiger partial charge in [0, 0.05) is 43.5 Å². The number of fused-ring (bicyclic) bond motifs is 1. The first-order valence-electron chi connectivity index (χ1n) is 16.1. The number of piperidine rings is 1. The third kappa shape index (κ3) is 7.70. The Balaban J connectivity index is 1.15. The first-order valence-corrected chi connectivity index (χ1v) is 17.3. The van der Waals surface area contributed by atoms with E-state index in [9.17, 15) is 9.59 Å². The molecule has 1 fully saturated rings. The van der Waals surface area contributed by atoms with Crippen molar-refractivity contribution in [3.63, 3.8) is 0 Å². The van der Waals surface area contributed by atoms with Crippen LogP contribution in [0.2, 0.25) is 5.02 Å². The molecule has 0 N–H and O–H groups in total. The highest BCUT2D eigenvalue weighted by molar-refractivity contribution is 7.16. The second-order valence-corrected chi connectivity index (χ2v) is 14.5. The average molecular weight is 706 g/mol. The molecule has 11 nitrogen and oxygen atoms in total. The molecule has 1 atom stereocenters. The lowest BCUT2D eigenvalue weighted by molar-refractivity contribution is 0.0164. The number of thiophene rings is 1. The Labute approximate surface area is 294 Å². The molecule has 1 saturated heterocycles. The van der Waals surface area contributed by atoms with Crippen LogP contribution in [0.3, 0.4) is 0 Å². The number of imidazole rings is 1. The minimum Gasteiger partial charge on any atom is -0.492 e. The molecule has 49 heavy (non-hydrogen) atoms. The number of aromatic nitrogens is 4. The van der Waals surface area contributed by atoms with E-state index in [2.05, 4.69) is 10.1 Å². The first-order chi connectivity index (χ1) is 23.4. The Morgan fingerprint density at radius 1 is 1.08 bits per heavy atom. The van der Waals surface area contributed by atoms with E-state index in [1.165, 1.54) is 18.4 Å². The minimum atomic E-state index is -0.521. The van der Waals surface area contributed by atoms with Crippen molar-refractivity contribution >= 4 is 46.0 Å². The topological polar surface area (TPSA) is 110 Å². The molecule has 5 aromatic rings. The average Bonchev–Trinajstić information content (AvgIpc) is 3.81. The lowest BCUT2D eigenvalue weighted by Gasteiger charge is -2.33. The summed E-state index contributed by atoms with van der Waals surface area (Å²) >= 11 is 8.13. The van der Waals surface area contributed by atoms with Gasteiger partial charge in [-0.15, -0.1) is 11.3 Å². The summed E-state index contributed by atoms with van der Waals surface area (Å²) in [6.07, 6.45) is 6.34. The number of likely N-dealkylation sites (tertiary alicyclic amines) is 1. The number of amides is 1.